The third-order valence-corrected chi connectivity index (χ3v) is 6.80. The summed E-state index contributed by atoms with van der Waals surface area (Å²) in [6, 6.07) is 1.94. The van der Waals surface area contributed by atoms with Gasteiger partial charge in [0.2, 0.25) is 5.91 Å². The number of β-amino-alcohol motifs (C(OH)–C–C–N with tert-alkyl or cyclic N) is 1. The monoisotopic (exact) mass is 454 g/mol. The molecule has 0 saturated carbocycles. The van der Waals surface area contributed by atoms with Gasteiger partial charge in [-0.2, -0.15) is 5.10 Å². The summed E-state index contributed by atoms with van der Waals surface area (Å²) in [6.45, 7) is 5.13. The standard InChI is InChI=1S/C22H30N8O3/c1-14(31)27-7-4-15(10-27)18-9-19(20-21(23)24-13-25-30(18)20)28-6-2-3-16(11-28)26-22(33)29-8-5-17(32)12-29/h4,9,13,16-17,32H,2-3,5-8,10-12H2,1H3,(H,26,33)(H2,23,24,25)/t16-,17-/m1/s1. The number of anilines is 2. The number of nitrogens with zero attached hydrogens (tertiary/aromatic N) is 6. The van der Waals surface area contributed by atoms with Crippen molar-refractivity contribution in [1.29, 1.82) is 0 Å². The quantitative estimate of drug-likeness (QED) is 0.608. The SMILES string of the molecule is CC(=O)N1CC=C(c2cc(N3CCC[C@@H](NC(=O)N4CC[C@@H](O)C4)C3)c3c(N)ncnn23)C1. The Hall–Kier alpha value is -3.34. The van der Waals surface area contributed by atoms with E-state index in [1.807, 2.05) is 0 Å². The van der Waals surface area contributed by atoms with Crippen LogP contribution in [0.4, 0.5) is 16.3 Å². The van der Waals surface area contributed by atoms with Crippen LogP contribution in [0.2, 0.25) is 0 Å². The second kappa shape index (κ2) is 8.54. The van der Waals surface area contributed by atoms with Crippen LogP contribution in [-0.4, -0.2) is 92.9 Å². The van der Waals surface area contributed by atoms with Gasteiger partial charge in [0.25, 0.3) is 0 Å². The molecule has 2 aromatic rings. The molecular formula is C22H30N8O3. The van der Waals surface area contributed by atoms with E-state index in [2.05, 4.69) is 32.4 Å². The molecule has 33 heavy (non-hydrogen) atoms. The molecule has 2 saturated heterocycles. The summed E-state index contributed by atoms with van der Waals surface area (Å²) < 4.78 is 1.81. The predicted molar refractivity (Wildman–Crippen MR) is 124 cm³/mol. The van der Waals surface area contributed by atoms with Gasteiger partial charge in [-0.3, -0.25) is 4.79 Å². The number of carbonyl (C=O) groups is 2. The molecule has 4 N–H and O–H groups in total. The number of nitrogens with one attached hydrogen (secondary N) is 1. The molecule has 3 amide bonds. The van der Waals surface area contributed by atoms with Gasteiger partial charge in [0.1, 0.15) is 11.8 Å². The molecule has 11 nitrogen and oxygen atoms in total. The predicted octanol–water partition coefficient (Wildman–Crippen LogP) is 0.302. The summed E-state index contributed by atoms with van der Waals surface area (Å²) in [5, 5.41) is 17.3. The van der Waals surface area contributed by atoms with Crippen LogP contribution in [0.3, 0.4) is 0 Å². The van der Waals surface area contributed by atoms with Crippen molar-refractivity contribution in [3.8, 4) is 0 Å². The first-order valence-electron chi connectivity index (χ1n) is 11.5. The number of carbonyl (C=O) groups excluding carboxylic acids is 2. The number of aliphatic hydroxyl groups is 1. The number of nitrogens with two attached hydrogens (primary N) is 1. The van der Waals surface area contributed by atoms with Crippen molar-refractivity contribution < 1.29 is 14.7 Å². The van der Waals surface area contributed by atoms with Crippen LogP contribution >= 0.6 is 0 Å². The minimum Gasteiger partial charge on any atom is -0.391 e. The zero-order chi connectivity index (χ0) is 23.1. The molecule has 0 radical (unpaired) electrons. The molecule has 176 valence electrons. The van der Waals surface area contributed by atoms with Crippen molar-refractivity contribution in [3.63, 3.8) is 0 Å². The number of hydrogen-bond acceptors (Lipinski definition) is 7. The van der Waals surface area contributed by atoms with Gasteiger partial charge in [0, 0.05) is 52.2 Å². The van der Waals surface area contributed by atoms with Crippen molar-refractivity contribution in [3.05, 3.63) is 24.2 Å². The normalized spacial score (nSPS) is 23.3. The van der Waals surface area contributed by atoms with Crippen molar-refractivity contribution in [2.24, 2.45) is 0 Å². The summed E-state index contributed by atoms with van der Waals surface area (Å²) >= 11 is 0. The minimum absolute atomic E-state index is 0.00727. The molecule has 2 atom stereocenters. The van der Waals surface area contributed by atoms with Crippen LogP contribution in [0.1, 0.15) is 31.9 Å². The van der Waals surface area contributed by atoms with Crippen LogP contribution in [0.25, 0.3) is 11.1 Å². The minimum atomic E-state index is -0.434. The van der Waals surface area contributed by atoms with Crippen molar-refractivity contribution in [1.82, 2.24) is 29.7 Å². The lowest BCUT2D eigenvalue weighted by molar-refractivity contribution is -0.127. The topological polar surface area (TPSA) is 132 Å². The van der Waals surface area contributed by atoms with Gasteiger partial charge >= 0.3 is 6.03 Å². The number of aliphatic hydroxyl groups excluding tert-OH is 1. The number of piperidine rings is 1. The first-order chi connectivity index (χ1) is 15.9. The zero-order valence-electron chi connectivity index (χ0n) is 18.8. The Morgan fingerprint density at radius 3 is 2.79 bits per heavy atom. The van der Waals surface area contributed by atoms with Gasteiger partial charge in [0.15, 0.2) is 5.82 Å². The Labute approximate surface area is 191 Å². The highest BCUT2D eigenvalue weighted by atomic mass is 16.3. The largest absolute Gasteiger partial charge is 0.391 e. The average molecular weight is 455 g/mol. The van der Waals surface area contributed by atoms with Gasteiger partial charge < -0.3 is 30.9 Å². The second-order valence-electron chi connectivity index (χ2n) is 9.07. The first-order valence-corrected chi connectivity index (χ1v) is 11.5. The maximum atomic E-state index is 12.6. The molecule has 0 spiro atoms. The van der Waals surface area contributed by atoms with E-state index < -0.39 is 6.10 Å². The van der Waals surface area contributed by atoms with Crippen LogP contribution in [0.5, 0.6) is 0 Å². The molecular weight excluding hydrogens is 424 g/mol. The average Bonchev–Trinajstić information content (AvgIpc) is 3.52. The number of rotatable bonds is 3. The molecule has 3 aliphatic rings. The van der Waals surface area contributed by atoms with Gasteiger partial charge in [-0.1, -0.05) is 6.08 Å². The lowest BCUT2D eigenvalue weighted by Gasteiger charge is -2.35. The number of fused-ring (bicyclic) bond motifs is 1. The van der Waals surface area contributed by atoms with Crippen LogP contribution < -0.4 is 16.0 Å². The van der Waals surface area contributed by atoms with Crippen molar-refractivity contribution in [2.45, 2.75) is 38.3 Å². The Morgan fingerprint density at radius 2 is 2.06 bits per heavy atom. The Morgan fingerprint density at radius 1 is 1.21 bits per heavy atom. The van der Waals surface area contributed by atoms with Crippen LogP contribution in [0, 0.1) is 0 Å². The summed E-state index contributed by atoms with van der Waals surface area (Å²) in [5.74, 6) is 0.432. The molecule has 5 rings (SSSR count). The van der Waals surface area contributed by atoms with Crippen LogP contribution in [-0.2, 0) is 4.79 Å². The summed E-state index contributed by atoms with van der Waals surface area (Å²) in [7, 11) is 0. The number of nitrogen functional groups attached to an aromatic ring is 1. The Kier molecular flexibility index (Phi) is 5.57. The molecule has 3 aliphatic heterocycles. The second-order valence-corrected chi connectivity index (χ2v) is 9.07. The smallest absolute Gasteiger partial charge is 0.317 e. The van der Waals surface area contributed by atoms with E-state index in [1.54, 1.807) is 21.2 Å². The zero-order valence-corrected chi connectivity index (χ0v) is 18.8. The third-order valence-electron chi connectivity index (χ3n) is 6.80. The molecule has 0 unspecified atom stereocenters. The molecule has 2 fully saturated rings. The van der Waals surface area contributed by atoms with E-state index in [-0.39, 0.29) is 18.0 Å². The molecule has 0 aliphatic carbocycles. The van der Waals surface area contributed by atoms with Crippen molar-refractivity contribution in [2.75, 3.05) is 49.9 Å². The maximum Gasteiger partial charge on any atom is 0.317 e. The van der Waals surface area contributed by atoms with E-state index in [9.17, 15) is 14.7 Å². The van der Waals surface area contributed by atoms with Gasteiger partial charge in [0.05, 0.1) is 17.5 Å². The molecule has 2 aromatic heterocycles. The number of likely N-dealkylation sites (tertiary alicyclic amines) is 1. The lowest BCUT2D eigenvalue weighted by Crippen LogP contribution is -2.51. The first kappa shape index (κ1) is 21.5. The molecule has 5 heterocycles. The van der Waals surface area contributed by atoms with Crippen molar-refractivity contribution >= 4 is 34.5 Å². The van der Waals surface area contributed by atoms with Crippen LogP contribution in [0.15, 0.2) is 18.5 Å². The van der Waals surface area contributed by atoms with Gasteiger partial charge in [-0.05, 0) is 30.9 Å². The van der Waals surface area contributed by atoms with E-state index in [4.69, 9.17) is 5.73 Å². The highest BCUT2D eigenvalue weighted by molar-refractivity contribution is 5.89. The number of hydrogen-bond donors (Lipinski definition) is 3. The van der Waals surface area contributed by atoms with E-state index in [0.717, 1.165) is 41.9 Å². The summed E-state index contributed by atoms with van der Waals surface area (Å²) in [6.07, 6.45) is 5.50. The maximum absolute atomic E-state index is 12.6. The van der Waals surface area contributed by atoms with E-state index in [1.165, 1.54) is 6.33 Å². The molecule has 0 bridgehead atoms. The van der Waals surface area contributed by atoms with Gasteiger partial charge in [-0.15, -0.1) is 0 Å². The fraction of sp³-hybridized carbons (Fsp3) is 0.545. The number of urea groups is 1. The van der Waals surface area contributed by atoms with E-state index in [0.29, 0.717) is 45.0 Å². The molecule has 11 heteroatoms. The Balaban J connectivity index is 1.39. The summed E-state index contributed by atoms with van der Waals surface area (Å²) in [4.78, 5) is 34.3. The third kappa shape index (κ3) is 4.08. The molecule has 0 aromatic carbocycles. The number of aromatic nitrogens is 3. The highest BCUT2D eigenvalue weighted by Gasteiger charge is 2.30. The Bertz CT molecular complexity index is 1110. The fourth-order valence-electron chi connectivity index (χ4n) is 5.00. The number of amides is 3. The van der Waals surface area contributed by atoms with E-state index >= 15 is 0 Å². The highest BCUT2D eigenvalue weighted by Crippen LogP contribution is 2.34. The lowest BCUT2D eigenvalue weighted by atomic mass is 10.0. The summed E-state index contributed by atoms with van der Waals surface area (Å²) in [5.41, 5.74) is 9.88. The van der Waals surface area contributed by atoms with Gasteiger partial charge in [-0.25, -0.2) is 14.3 Å². The fourth-order valence-corrected chi connectivity index (χ4v) is 5.00.